The zero-order valence-electron chi connectivity index (χ0n) is 9.00. The Morgan fingerprint density at radius 2 is 2.25 bits per heavy atom. The van der Waals surface area contributed by atoms with Crippen LogP contribution in [0.3, 0.4) is 0 Å². The van der Waals surface area contributed by atoms with Crippen molar-refractivity contribution < 1.29 is 14.6 Å². The Hall–Kier alpha value is -1.03. The van der Waals surface area contributed by atoms with Crippen molar-refractivity contribution in [1.29, 1.82) is 0 Å². The van der Waals surface area contributed by atoms with E-state index >= 15 is 0 Å². The van der Waals surface area contributed by atoms with Gasteiger partial charge in [0.1, 0.15) is 5.75 Å². The highest BCUT2D eigenvalue weighted by atomic mass is 79.9. The number of hydrogen-bond donors (Lipinski definition) is 1. The maximum absolute atomic E-state index is 10.8. The Morgan fingerprint density at radius 1 is 1.56 bits per heavy atom. The summed E-state index contributed by atoms with van der Waals surface area (Å²) in [4.78, 5) is 10.8. The van der Waals surface area contributed by atoms with E-state index in [1.165, 1.54) is 0 Å². The van der Waals surface area contributed by atoms with Gasteiger partial charge in [-0.05, 0) is 46.5 Å². The minimum atomic E-state index is -0.737. The summed E-state index contributed by atoms with van der Waals surface area (Å²) in [5.41, 5.74) is 0.912. The molecule has 1 aromatic rings. The predicted octanol–water partition coefficient (Wildman–Crippen LogP) is 2.96. The molecule has 0 radical (unpaired) electrons. The first-order chi connectivity index (χ1) is 7.57. The fourth-order valence-electron chi connectivity index (χ4n) is 2.00. The van der Waals surface area contributed by atoms with Crippen molar-refractivity contribution in [1.82, 2.24) is 0 Å². The summed E-state index contributed by atoms with van der Waals surface area (Å²) in [7, 11) is 1.61. The number of methoxy groups -OCH3 is 1. The smallest absolute Gasteiger partial charge is 0.304 e. The summed E-state index contributed by atoms with van der Waals surface area (Å²) in [6.07, 6.45) is 2.10. The monoisotopic (exact) mass is 284 g/mol. The molecule has 0 atom stereocenters. The third-order valence-electron chi connectivity index (χ3n) is 3.11. The first kappa shape index (κ1) is 11.5. The number of carbonyl (C=O) groups is 1. The number of carboxylic acid groups (broad SMARTS) is 1. The Kier molecular flexibility index (Phi) is 2.93. The second kappa shape index (κ2) is 4.09. The standard InChI is InChI=1S/C12H13BrO3/c1-16-10-6-8(2-3-9(10)13)12(4-5-12)7-11(14)15/h2-3,6H,4-5,7H2,1H3,(H,14,15). The van der Waals surface area contributed by atoms with E-state index in [4.69, 9.17) is 9.84 Å². The van der Waals surface area contributed by atoms with Gasteiger partial charge in [0.2, 0.25) is 0 Å². The SMILES string of the molecule is COc1cc(C2(CC(=O)O)CC2)ccc1Br. The quantitative estimate of drug-likeness (QED) is 0.925. The molecule has 0 spiro atoms. The largest absolute Gasteiger partial charge is 0.496 e. The minimum absolute atomic E-state index is 0.153. The molecule has 0 bridgehead atoms. The molecular weight excluding hydrogens is 272 g/mol. The highest BCUT2D eigenvalue weighted by Gasteiger charge is 2.46. The van der Waals surface area contributed by atoms with Crippen LogP contribution in [0.4, 0.5) is 0 Å². The van der Waals surface area contributed by atoms with Crippen molar-refractivity contribution in [2.24, 2.45) is 0 Å². The molecule has 1 fully saturated rings. The summed E-state index contributed by atoms with van der Waals surface area (Å²) in [5, 5.41) is 8.89. The molecule has 3 nitrogen and oxygen atoms in total. The second-order valence-electron chi connectivity index (χ2n) is 4.20. The molecule has 0 aliphatic heterocycles. The third-order valence-corrected chi connectivity index (χ3v) is 3.76. The van der Waals surface area contributed by atoms with Crippen LogP contribution in [0.25, 0.3) is 0 Å². The van der Waals surface area contributed by atoms with E-state index in [0.29, 0.717) is 0 Å². The predicted molar refractivity (Wildman–Crippen MR) is 63.9 cm³/mol. The number of rotatable bonds is 4. The van der Waals surface area contributed by atoms with Gasteiger partial charge in [0.05, 0.1) is 18.0 Å². The minimum Gasteiger partial charge on any atom is -0.496 e. The van der Waals surface area contributed by atoms with Crippen molar-refractivity contribution in [3.05, 3.63) is 28.2 Å². The van der Waals surface area contributed by atoms with Gasteiger partial charge in [-0.1, -0.05) is 6.07 Å². The van der Waals surface area contributed by atoms with Gasteiger partial charge in [-0.3, -0.25) is 4.79 Å². The molecule has 1 saturated carbocycles. The summed E-state index contributed by atoms with van der Waals surface area (Å²) >= 11 is 3.39. The van der Waals surface area contributed by atoms with Crippen molar-refractivity contribution >= 4 is 21.9 Å². The Labute approximate surface area is 103 Å². The molecular formula is C12H13BrO3. The van der Waals surface area contributed by atoms with Crippen molar-refractivity contribution in [2.45, 2.75) is 24.7 Å². The molecule has 0 amide bonds. The summed E-state index contributed by atoms with van der Waals surface area (Å²) in [5.74, 6) is 0.0218. The van der Waals surface area contributed by atoms with Gasteiger partial charge in [0.15, 0.2) is 0 Å². The van der Waals surface area contributed by atoms with E-state index < -0.39 is 5.97 Å². The maximum atomic E-state index is 10.8. The topological polar surface area (TPSA) is 46.5 Å². The lowest BCUT2D eigenvalue weighted by Crippen LogP contribution is -2.12. The zero-order valence-corrected chi connectivity index (χ0v) is 10.6. The zero-order chi connectivity index (χ0) is 11.8. The van der Waals surface area contributed by atoms with Crippen LogP contribution in [0.15, 0.2) is 22.7 Å². The van der Waals surface area contributed by atoms with Gasteiger partial charge in [0.25, 0.3) is 0 Å². The van der Waals surface area contributed by atoms with E-state index in [2.05, 4.69) is 15.9 Å². The molecule has 4 heteroatoms. The number of ether oxygens (including phenoxy) is 1. The molecule has 1 N–H and O–H groups in total. The second-order valence-corrected chi connectivity index (χ2v) is 5.05. The normalized spacial score (nSPS) is 16.9. The number of halogens is 1. The molecule has 0 saturated heterocycles. The number of aliphatic carboxylic acids is 1. The molecule has 1 aromatic carbocycles. The lowest BCUT2D eigenvalue weighted by molar-refractivity contribution is -0.137. The van der Waals surface area contributed by atoms with Crippen molar-refractivity contribution in [3.8, 4) is 5.75 Å². The Balaban J connectivity index is 2.30. The van der Waals surface area contributed by atoms with Gasteiger partial charge < -0.3 is 9.84 Å². The first-order valence-corrected chi connectivity index (χ1v) is 5.92. The van der Waals surface area contributed by atoms with E-state index in [1.54, 1.807) is 7.11 Å². The van der Waals surface area contributed by atoms with Crippen LogP contribution >= 0.6 is 15.9 Å². The number of benzene rings is 1. The lowest BCUT2D eigenvalue weighted by atomic mass is 9.92. The van der Waals surface area contributed by atoms with Crippen LogP contribution in [0.2, 0.25) is 0 Å². The lowest BCUT2D eigenvalue weighted by Gasteiger charge is -2.14. The Bertz CT molecular complexity index is 424. The number of carboxylic acids is 1. The summed E-state index contributed by atoms with van der Waals surface area (Å²) in [6.45, 7) is 0. The van der Waals surface area contributed by atoms with Crippen LogP contribution in [0.1, 0.15) is 24.8 Å². The van der Waals surface area contributed by atoms with Gasteiger partial charge in [-0.25, -0.2) is 0 Å². The van der Waals surface area contributed by atoms with Crippen LogP contribution in [-0.4, -0.2) is 18.2 Å². The maximum Gasteiger partial charge on any atom is 0.304 e. The molecule has 0 aromatic heterocycles. The van der Waals surface area contributed by atoms with Gasteiger partial charge in [0, 0.05) is 5.41 Å². The summed E-state index contributed by atoms with van der Waals surface area (Å²) < 4.78 is 6.11. The molecule has 0 unspecified atom stereocenters. The highest BCUT2D eigenvalue weighted by Crippen LogP contribution is 2.52. The molecule has 1 aliphatic rings. The van der Waals surface area contributed by atoms with Crippen molar-refractivity contribution in [3.63, 3.8) is 0 Å². The molecule has 1 aliphatic carbocycles. The molecule has 86 valence electrons. The van der Waals surface area contributed by atoms with E-state index in [1.807, 2.05) is 18.2 Å². The van der Waals surface area contributed by atoms with Gasteiger partial charge >= 0.3 is 5.97 Å². The van der Waals surface area contributed by atoms with Gasteiger partial charge in [-0.15, -0.1) is 0 Å². The average Bonchev–Trinajstić information content (AvgIpc) is 2.98. The fraction of sp³-hybridized carbons (Fsp3) is 0.417. The van der Waals surface area contributed by atoms with Gasteiger partial charge in [-0.2, -0.15) is 0 Å². The fourth-order valence-corrected chi connectivity index (χ4v) is 2.41. The third kappa shape index (κ3) is 2.07. The highest BCUT2D eigenvalue weighted by molar-refractivity contribution is 9.10. The van der Waals surface area contributed by atoms with Crippen LogP contribution in [0, 0.1) is 0 Å². The van der Waals surface area contributed by atoms with Crippen LogP contribution in [0.5, 0.6) is 5.75 Å². The molecule has 2 rings (SSSR count). The van der Waals surface area contributed by atoms with E-state index in [0.717, 1.165) is 28.6 Å². The van der Waals surface area contributed by atoms with E-state index in [9.17, 15) is 4.79 Å². The number of hydrogen-bond acceptors (Lipinski definition) is 2. The van der Waals surface area contributed by atoms with Crippen LogP contribution in [-0.2, 0) is 10.2 Å². The molecule has 16 heavy (non-hydrogen) atoms. The average molecular weight is 285 g/mol. The van der Waals surface area contributed by atoms with Crippen LogP contribution < -0.4 is 4.74 Å². The Morgan fingerprint density at radius 3 is 2.75 bits per heavy atom. The molecule has 0 heterocycles. The van der Waals surface area contributed by atoms with E-state index in [-0.39, 0.29) is 11.8 Å². The summed E-state index contributed by atoms with van der Waals surface area (Å²) in [6, 6.07) is 5.82. The van der Waals surface area contributed by atoms with Crippen molar-refractivity contribution in [2.75, 3.05) is 7.11 Å². The first-order valence-electron chi connectivity index (χ1n) is 5.13.